The van der Waals surface area contributed by atoms with Crippen molar-refractivity contribution in [2.45, 2.75) is 38.1 Å². The molecule has 0 amide bonds. The molecule has 0 radical (unpaired) electrons. The van der Waals surface area contributed by atoms with Crippen LogP contribution in [0.4, 0.5) is 39.3 Å². The Kier molecular flexibility index (Phi) is 6.11. The minimum atomic E-state index is -4.66. The Hall–Kier alpha value is -2.56. The third kappa shape index (κ3) is 5.13. The average Bonchev–Trinajstić information content (AvgIpc) is 3.01. The van der Waals surface area contributed by atoms with Crippen LogP contribution in [-0.4, -0.2) is 41.3 Å². The highest BCUT2D eigenvalue weighted by molar-refractivity contribution is 6.31. The number of aromatic nitrogens is 2. The van der Waals surface area contributed by atoms with Crippen molar-refractivity contribution in [2.75, 3.05) is 29.0 Å². The zero-order chi connectivity index (χ0) is 22.1. The van der Waals surface area contributed by atoms with Gasteiger partial charge in [0, 0.05) is 24.5 Å². The fourth-order valence-corrected chi connectivity index (χ4v) is 3.03. The molecule has 164 valence electrons. The molecule has 6 nitrogen and oxygen atoms in total. The lowest BCUT2D eigenvalue weighted by Gasteiger charge is -2.23. The van der Waals surface area contributed by atoms with Gasteiger partial charge in [0.15, 0.2) is 17.7 Å². The third-order valence-electron chi connectivity index (χ3n) is 4.52. The van der Waals surface area contributed by atoms with Gasteiger partial charge in [-0.1, -0.05) is 29.8 Å². The van der Waals surface area contributed by atoms with Gasteiger partial charge in [-0.15, -0.1) is 0 Å². The van der Waals surface area contributed by atoms with Gasteiger partial charge >= 0.3 is 12.2 Å². The van der Waals surface area contributed by atoms with Gasteiger partial charge in [-0.3, -0.25) is 0 Å². The van der Waals surface area contributed by atoms with Crippen molar-refractivity contribution in [1.82, 2.24) is 9.97 Å². The lowest BCUT2D eigenvalue weighted by atomic mass is 10.2. The average molecular weight is 452 g/mol. The van der Waals surface area contributed by atoms with Crippen LogP contribution in [0.1, 0.15) is 18.9 Å². The molecular formula is C18H19ClF5N5O. The Labute approximate surface area is 174 Å². The minimum Gasteiger partial charge on any atom is -0.451 e. The van der Waals surface area contributed by atoms with Crippen LogP contribution in [0.3, 0.4) is 0 Å². The number of nitrogens with zero attached hydrogens (tertiary/aromatic N) is 3. The summed E-state index contributed by atoms with van der Waals surface area (Å²) in [5.74, 6) is -3.12. The smallest absolute Gasteiger partial charge is 0.425 e. The lowest BCUT2D eigenvalue weighted by molar-refractivity contribution is -0.190. The van der Waals surface area contributed by atoms with Gasteiger partial charge in [-0.2, -0.15) is 23.1 Å². The first kappa shape index (κ1) is 22.1. The summed E-state index contributed by atoms with van der Waals surface area (Å²) in [5.41, 5.74) is 6.66. The Morgan fingerprint density at radius 2 is 2.00 bits per heavy atom. The van der Waals surface area contributed by atoms with E-state index < -0.39 is 37.2 Å². The molecule has 12 heteroatoms. The highest BCUT2D eigenvalue weighted by Gasteiger charge is 2.41. The van der Waals surface area contributed by atoms with Gasteiger partial charge in [0.25, 0.3) is 5.92 Å². The van der Waals surface area contributed by atoms with Crippen molar-refractivity contribution < 1.29 is 26.7 Å². The van der Waals surface area contributed by atoms with Gasteiger partial charge in [0.05, 0.1) is 6.54 Å². The maximum absolute atomic E-state index is 13.7. The van der Waals surface area contributed by atoms with E-state index in [0.717, 1.165) is 6.92 Å². The van der Waals surface area contributed by atoms with E-state index in [1.54, 1.807) is 24.3 Å². The largest absolute Gasteiger partial charge is 0.451 e. The van der Waals surface area contributed by atoms with Gasteiger partial charge in [-0.05, 0) is 18.6 Å². The fraction of sp³-hybridized carbons (Fsp3) is 0.444. The second-order valence-corrected chi connectivity index (χ2v) is 7.27. The van der Waals surface area contributed by atoms with Crippen LogP contribution in [0.2, 0.25) is 5.02 Å². The monoisotopic (exact) mass is 451 g/mol. The van der Waals surface area contributed by atoms with E-state index in [4.69, 9.17) is 22.1 Å². The number of hydrogen-bond acceptors (Lipinski definition) is 6. The second kappa shape index (κ2) is 8.29. The summed E-state index contributed by atoms with van der Waals surface area (Å²) in [6.45, 7) is 0.212. The van der Waals surface area contributed by atoms with E-state index in [9.17, 15) is 22.0 Å². The van der Waals surface area contributed by atoms with E-state index in [1.807, 2.05) is 0 Å². The van der Waals surface area contributed by atoms with Crippen molar-refractivity contribution in [3.63, 3.8) is 0 Å². The molecule has 3 rings (SSSR count). The maximum atomic E-state index is 13.7. The summed E-state index contributed by atoms with van der Waals surface area (Å²) in [6.07, 6.45) is -7.28. The second-order valence-electron chi connectivity index (χ2n) is 6.87. The standard InChI is InChI=1S/C18H19ClF5N5O/c1-10(18(22,23)24)30-16-27-14(26-8-11-4-2-3-5-12(11)19)13(25)15(28-16)29-7-6-17(20,21)9-29/h2-5,10H,6-9,25H2,1H3,(H,26,27,28). The molecule has 1 aromatic carbocycles. The Morgan fingerprint density at radius 3 is 2.60 bits per heavy atom. The first-order valence-corrected chi connectivity index (χ1v) is 9.35. The summed E-state index contributed by atoms with van der Waals surface area (Å²) in [5, 5.41) is 3.33. The normalized spacial score (nSPS) is 17.1. The highest BCUT2D eigenvalue weighted by Crippen LogP contribution is 2.37. The molecule has 1 unspecified atom stereocenters. The van der Waals surface area contributed by atoms with Gasteiger partial charge < -0.3 is 20.7 Å². The van der Waals surface area contributed by atoms with Crippen LogP contribution < -0.4 is 20.7 Å². The van der Waals surface area contributed by atoms with Crippen LogP contribution in [-0.2, 0) is 6.54 Å². The van der Waals surface area contributed by atoms with Crippen LogP contribution in [0, 0.1) is 0 Å². The van der Waals surface area contributed by atoms with Gasteiger partial charge in [-0.25, -0.2) is 8.78 Å². The van der Waals surface area contributed by atoms with E-state index in [1.165, 1.54) is 4.90 Å². The molecule has 1 aliphatic heterocycles. The molecule has 1 aliphatic rings. The number of nitrogens with two attached hydrogens (primary N) is 1. The van der Waals surface area contributed by atoms with Crippen LogP contribution in [0.5, 0.6) is 6.01 Å². The number of ether oxygens (including phenoxy) is 1. The van der Waals surface area contributed by atoms with E-state index in [2.05, 4.69) is 15.3 Å². The van der Waals surface area contributed by atoms with Crippen LogP contribution in [0.25, 0.3) is 0 Å². The predicted molar refractivity (Wildman–Crippen MR) is 103 cm³/mol. The summed E-state index contributed by atoms with van der Waals surface area (Å²) in [4.78, 5) is 8.98. The number of nitrogen functional groups attached to an aromatic ring is 1. The van der Waals surface area contributed by atoms with Gasteiger partial charge in [0.2, 0.25) is 0 Å². The van der Waals surface area contributed by atoms with Crippen molar-refractivity contribution in [3.8, 4) is 6.01 Å². The zero-order valence-electron chi connectivity index (χ0n) is 15.8. The summed E-state index contributed by atoms with van der Waals surface area (Å²) in [6, 6.07) is 6.27. The Balaban J connectivity index is 1.92. The first-order valence-electron chi connectivity index (χ1n) is 8.97. The number of nitrogens with one attached hydrogen (secondary N) is 1. The molecule has 1 atom stereocenters. The van der Waals surface area contributed by atoms with Crippen molar-refractivity contribution in [1.29, 1.82) is 0 Å². The molecule has 2 heterocycles. The van der Waals surface area contributed by atoms with Crippen LogP contribution >= 0.6 is 11.6 Å². The molecule has 1 fully saturated rings. The molecule has 2 aromatic rings. The number of alkyl halides is 5. The van der Waals surface area contributed by atoms with E-state index in [-0.39, 0.29) is 30.4 Å². The fourth-order valence-electron chi connectivity index (χ4n) is 2.83. The number of rotatable bonds is 6. The quantitative estimate of drug-likeness (QED) is 0.630. The number of benzene rings is 1. The predicted octanol–water partition coefficient (Wildman–Crippen LogP) is 4.50. The molecule has 30 heavy (non-hydrogen) atoms. The molecular weight excluding hydrogens is 433 g/mol. The molecule has 0 bridgehead atoms. The summed E-state index contributed by atoms with van der Waals surface area (Å²) >= 11 is 6.10. The van der Waals surface area contributed by atoms with Crippen molar-refractivity contribution in [3.05, 3.63) is 34.9 Å². The summed E-state index contributed by atoms with van der Waals surface area (Å²) < 4.78 is 70.8. The summed E-state index contributed by atoms with van der Waals surface area (Å²) in [7, 11) is 0. The topological polar surface area (TPSA) is 76.3 Å². The van der Waals surface area contributed by atoms with E-state index >= 15 is 0 Å². The Bertz CT molecular complexity index is 911. The lowest BCUT2D eigenvalue weighted by Crippen LogP contribution is -2.32. The number of hydrogen-bond donors (Lipinski definition) is 2. The molecule has 0 spiro atoms. The first-order chi connectivity index (χ1) is 14.0. The molecule has 1 saturated heterocycles. The zero-order valence-corrected chi connectivity index (χ0v) is 16.6. The maximum Gasteiger partial charge on any atom is 0.425 e. The molecule has 0 aliphatic carbocycles. The Morgan fingerprint density at radius 1 is 1.30 bits per heavy atom. The van der Waals surface area contributed by atoms with Crippen molar-refractivity contribution in [2.24, 2.45) is 0 Å². The molecule has 0 saturated carbocycles. The third-order valence-corrected chi connectivity index (χ3v) is 4.89. The number of anilines is 3. The number of halogens is 6. The molecule has 3 N–H and O–H groups in total. The van der Waals surface area contributed by atoms with Gasteiger partial charge in [0.1, 0.15) is 5.69 Å². The molecule has 1 aromatic heterocycles. The minimum absolute atomic E-state index is 0.0421. The van der Waals surface area contributed by atoms with Crippen molar-refractivity contribution >= 4 is 28.9 Å². The SMILES string of the molecule is CC(Oc1nc(NCc2ccccc2Cl)c(N)c(N2CCC(F)(F)C2)n1)C(F)(F)F. The van der Waals surface area contributed by atoms with Crippen LogP contribution in [0.15, 0.2) is 24.3 Å². The van der Waals surface area contributed by atoms with E-state index in [0.29, 0.717) is 10.6 Å². The highest BCUT2D eigenvalue weighted by atomic mass is 35.5.